The highest BCUT2D eigenvalue weighted by atomic mass is 16.5. The molecule has 30 heavy (non-hydrogen) atoms. The topological polar surface area (TPSA) is 21.6 Å². The van der Waals surface area contributed by atoms with E-state index in [0.717, 1.165) is 17.9 Å². The molecule has 0 aliphatic carbocycles. The molecule has 2 aromatic carbocycles. The maximum absolute atomic E-state index is 5.93. The number of unbranched alkanes of at least 4 members (excludes halogenated alkanes) is 9. The van der Waals surface area contributed by atoms with Gasteiger partial charge in [-0.05, 0) is 55.7 Å². The molecule has 0 aliphatic rings. The van der Waals surface area contributed by atoms with Crippen LogP contribution in [0.25, 0.3) is 0 Å². The molecule has 0 amide bonds. The fraction of sp³-hybridized carbons (Fsp3) is 0.536. The fourth-order valence-electron chi connectivity index (χ4n) is 3.83. The summed E-state index contributed by atoms with van der Waals surface area (Å²) in [4.78, 5) is 4.59. The van der Waals surface area contributed by atoms with Gasteiger partial charge in [-0.1, -0.05) is 94.0 Å². The monoisotopic (exact) mass is 407 g/mol. The first-order valence-electron chi connectivity index (χ1n) is 12.0. The van der Waals surface area contributed by atoms with E-state index >= 15 is 0 Å². The third-order valence-corrected chi connectivity index (χ3v) is 5.45. The maximum Gasteiger partial charge on any atom is 0.119 e. The van der Waals surface area contributed by atoms with E-state index in [0.29, 0.717) is 6.61 Å². The lowest BCUT2D eigenvalue weighted by atomic mass is 10.1. The van der Waals surface area contributed by atoms with Crippen molar-refractivity contribution in [3.8, 4) is 5.75 Å². The molecular weight excluding hydrogens is 366 g/mol. The highest BCUT2D eigenvalue weighted by Gasteiger charge is 1.99. The Labute approximate surface area is 184 Å². The number of benzene rings is 2. The summed E-state index contributed by atoms with van der Waals surface area (Å²) in [5, 5.41) is 0. The van der Waals surface area contributed by atoms with Gasteiger partial charge in [0, 0.05) is 12.8 Å². The minimum Gasteiger partial charge on any atom is -0.489 e. The molecule has 2 rings (SSSR count). The van der Waals surface area contributed by atoms with Crippen LogP contribution in [-0.4, -0.2) is 12.8 Å². The zero-order chi connectivity index (χ0) is 21.4. The highest BCUT2D eigenvalue weighted by Crippen LogP contribution is 2.16. The van der Waals surface area contributed by atoms with Gasteiger partial charge in [0.1, 0.15) is 12.4 Å². The van der Waals surface area contributed by atoms with Crippen LogP contribution in [0.15, 0.2) is 47.5 Å². The Morgan fingerprint density at radius 3 is 1.90 bits per heavy atom. The van der Waals surface area contributed by atoms with E-state index in [1.54, 1.807) is 0 Å². The molecule has 0 N–H and O–H groups in total. The number of hydrogen-bond acceptors (Lipinski definition) is 2. The van der Waals surface area contributed by atoms with Crippen molar-refractivity contribution in [3.63, 3.8) is 0 Å². The predicted octanol–water partition coefficient (Wildman–Crippen LogP) is 8.22. The predicted molar refractivity (Wildman–Crippen MR) is 131 cm³/mol. The van der Waals surface area contributed by atoms with Crippen molar-refractivity contribution in [2.45, 2.75) is 91.6 Å². The number of nitrogens with zero attached hydrogens (tertiary/aromatic N) is 1. The van der Waals surface area contributed by atoms with E-state index in [-0.39, 0.29) is 0 Å². The summed E-state index contributed by atoms with van der Waals surface area (Å²) in [5.74, 6) is 0.904. The Morgan fingerprint density at radius 2 is 1.30 bits per heavy atom. The molecule has 0 saturated heterocycles. The second-order valence-corrected chi connectivity index (χ2v) is 8.57. The Kier molecular flexibility index (Phi) is 11.9. The summed E-state index contributed by atoms with van der Waals surface area (Å²) in [6, 6.07) is 14.8. The van der Waals surface area contributed by atoms with Crippen LogP contribution in [0.3, 0.4) is 0 Å². The number of ether oxygens (including phenoxy) is 1. The third kappa shape index (κ3) is 10.6. The number of rotatable bonds is 15. The van der Waals surface area contributed by atoms with Gasteiger partial charge in [0.25, 0.3) is 0 Å². The normalized spacial score (nSPS) is 11.3. The first-order chi connectivity index (χ1) is 14.7. The molecule has 2 nitrogen and oxygen atoms in total. The molecular formula is C28H41NO. The average Bonchev–Trinajstić information content (AvgIpc) is 2.73. The zero-order valence-corrected chi connectivity index (χ0v) is 19.5. The zero-order valence-electron chi connectivity index (χ0n) is 19.5. The van der Waals surface area contributed by atoms with Crippen molar-refractivity contribution in [2.24, 2.45) is 4.99 Å². The van der Waals surface area contributed by atoms with Gasteiger partial charge in [-0.3, -0.25) is 4.99 Å². The molecule has 2 aromatic rings. The second kappa shape index (κ2) is 14.8. The van der Waals surface area contributed by atoms with E-state index in [4.69, 9.17) is 4.74 Å². The Morgan fingerprint density at radius 1 is 0.733 bits per heavy atom. The van der Waals surface area contributed by atoms with E-state index in [1.165, 1.54) is 80.9 Å². The average molecular weight is 408 g/mol. The molecule has 0 aromatic heterocycles. The molecule has 0 heterocycles. The molecule has 0 saturated carbocycles. The summed E-state index contributed by atoms with van der Waals surface area (Å²) in [5.41, 5.74) is 4.92. The molecule has 0 atom stereocenters. The first-order valence-corrected chi connectivity index (χ1v) is 12.0. The minimum absolute atomic E-state index is 0.606. The Hall–Kier alpha value is -2.09. The Bertz CT molecular complexity index is 713. The van der Waals surface area contributed by atoms with Crippen molar-refractivity contribution in [2.75, 3.05) is 6.54 Å². The lowest BCUT2D eigenvalue weighted by Gasteiger charge is -2.08. The molecule has 0 radical (unpaired) electrons. The SMILES string of the molecule is CCCCCCCCCCCCN=Cc1ccc(OCc2cc(C)cc(C)c2)cc1. The largest absolute Gasteiger partial charge is 0.489 e. The summed E-state index contributed by atoms with van der Waals surface area (Å²) in [6.07, 6.45) is 15.6. The Balaban J connectivity index is 1.56. The van der Waals surface area contributed by atoms with Crippen LogP contribution in [0.2, 0.25) is 0 Å². The van der Waals surface area contributed by atoms with Crippen LogP contribution in [0.1, 0.15) is 93.4 Å². The summed E-state index contributed by atoms with van der Waals surface area (Å²) < 4.78 is 5.93. The third-order valence-electron chi connectivity index (χ3n) is 5.45. The van der Waals surface area contributed by atoms with Gasteiger partial charge in [0.15, 0.2) is 0 Å². The van der Waals surface area contributed by atoms with Crippen molar-refractivity contribution in [1.82, 2.24) is 0 Å². The van der Waals surface area contributed by atoms with Crippen LogP contribution in [0.5, 0.6) is 5.75 Å². The van der Waals surface area contributed by atoms with Gasteiger partial charge in [-0.25, -0.2) is 0 Å². The van der Waals surface area contributed by atoms with Crippen molar-refractivity contribution in [1.29, 1.82) is 0 Å². The smallest absolute Gasteiger partial charge is 0.119 e. The van der Waals surface area contributed by atoms with Gasteiger partial charge < -0.3 is 4.74 Å². The number of aliphatic imine (C=N–C) groups is 1. The van der Waals surface area contributed by atoms with Gasteiger partial charge in [0.2, 0.25) is 0 Å². The molecule has 0 bridgehead atoms. The standard InChI is InChI=1S/C28H41NO/c1-4-5-6-7-8-9-10-11-12-13-18-29-22-26-14-16-28(17-15-26)30-23-27-20-24(2)19-25(3)21-27/h14-17,19-22H,4-13,18,23H2,1-3H3. The minimum atomic E-state index is 0.606. The van der Waals surface area contributed by atoms with Crippen LogP contribution >= 0.6 is 0 Å². The molecule has 0 unspecified atom stereocenters. The van der Waals surface area contributed by atoms with Gasteiger partial charge in [-0.15, -0.1) is 0 Å². The molecule has 0 spiro atoms. The number of aryl methyl sites for hydroxylation is 2. The first kappa shape index (κ1) is 24.2. The van der Waals surface area contributed by atoms with Crippen molar-refractivity contribution in [3.05, 3.63) is 64.7 Å². The maximum atomic E-state index is 5.93. The molecule has 0 aliphatic heterocycles. The fourth-order valence-corrected chi connectivity index (χ4v) is 3.83. The second-order valence-electron chi connectivity index (χ2n) is 8.57. The van der Waals surface area contributed by atoms with E-state index in [2.05, 4.69) is 56.1 Å². The van der Waals surface area contributed by atoms with E-state index < -0.39 is 0 Å². The summed E-state index contributed by atoms with van der Waals surface area (Å²) >= 11 is 0. The van der Waals surface area contributed by atoms with Crippen LogP contribution in [0, 0.1) is 13.8 Å². The van der Waals surface area contributed by atoms with E-state index in [9.17, 15) is 0 Å². The lowest BCUT2D eigenvalue weighted by molar-refractivity contribution is 0.306. The van der Waals surface area contributed by atoms with Crippen molar-refractivity contribution < 1.29 is 4.74 Å². The van der Waals surface area contributed by atoms with Crippen LogP contribution in [0.4, 0.5) is 0 Å². The lowest BCUT2D eigenvalue weighted by Crippen LogP contribution is -1.97. The number of hydrogen-bond donors (Lipinski definition) is 0. The van der Waals surface area contributed by atoms with Gasteiger partial charge in [-0.2, -0.15) is 0 Å². The van der Waals surface area contributed by atoms with Crippen molar-refractivity contribution >= 4 is 6.21 Å². The van der Waals surface area contributed by atoms with Gasteiger partial charge >= 0.3 is 0 Å². The van der Waals surface area contributed by atoms with Gasteiger partial charge in [0.05, 0.1) is 0 Å². The van der Waals surface area contributed by atoms with Crippen LogP contribution in [-0.2, 0) is 6.61 Å². The molecule has 2 heteroatoms. The summed E-state index contributed by atoms with van der Waals surface area (Å²) in [6.45, 7) is 8.07. The van der Waals surface area contributed by atoms with E-state index in [1.807, 2.05) is 18.3 Å². The highest BCUT2D eigenvalue weighted by molar-refractivity contribution is 5.79. The molecule has 0 fully saturated rings. The quantitative estimate of drug-likeness (QED) is 0.215. The van der Waals surface area contributed by atoms with Crippen LogP contribution < -0.4 is 4.74 Å². The molecule has 164 valence electrons. The summed E-state index contributed by atoms with van der Waals surface area (Å²) in [7, 11) is 0.